The quantitative estimate of drug-likeness (QED) is 0.759. The van der Waals surface area contributed by atoms with E-state index < -0.39 is 5.69 Å². The molecule has 2 rings (SSSR count). The lowest BCUT2D eigenvalue weighted by molar-refractivity contribution is 0.282. The third kappa shape index (κ3) is 1.55. The minimum Gasteiger partial charge on any atom is -0.392 e. The molecular weight excluding hydrogens is 208 g/mol. The van der Waals surface area contributed by atoms with Gasteiger partial charge in [-0.05, 0) is 24.6 Å². The zero-order chi connectivity index (χ0) is 11.7. The Labute approximate surface area is 91.0 Å². The van der Waals surface area contributed by atoms with Gasteiger partial charge in [-0.25, -0.2) is 4.79 Å². The summed E-state index contributed by atoms with van der Waals surface area (Å²) in [6, 6.07) is 4.89. The number of fused-ring (bicyclic) bond motifs is 1. The van der Waals surface area contributed by atoms with Crippen LogP contribution < -0.4 is 11.2 Å². The molecule has 1 heterocycles. The summed E-state index contributed by atoms with van der Waals surface area (Å²) in [5.41, 5.74) is 0.406. The van der Waals surface area contributed by atoms with Crippen LogP contribution in [-0.2, 0) is 13.2 Å². The van der Waals surface area contributed by atoms with E-state index >= 15 is 0 Å². The molecule has 1 aromatic carbocycles. The van der Waals surface area contributed by atoms with E-state index in [-0.39, 0.29) is 12.2 Å². The van der Waals surface area contributed by atoms with E-state index in [2.05, 4.69) is 4.98 Å². The van der Waals surface area contributed by atoms with Gasteiger partial charge in [0.25, 0.3) is 5.56 Å². The first-order chi connectivity index (χ1) is 7.67. The minimum atomic E-state index is -0.421. The SMILES string of the molecule is CCn1c(=O)[nH]c2cc(CO)ccc2c1=O. The fourth-order valence-electron chi connectivity index (χ4n) is 1.69. The highest BCUT2D eigenvalue weighted by atomic mass is 16.3. The van der Waals surface area contributed by atoms with Crippen LogP contribution in [-0.4, -0.2) is 14.7 Å². The molecule has 5 heteroatoms. The second-order valence-electron chi connectivity index (χ2n) is 3.52. The van der Waals surface area contributed by atoms with Crippen LogP contribution in [0.2, 0.25) is 0 Å². The van der Waals surface area contributed by atoms with Gasteiger partial charge in [-0.3, -0.25) is 9.36 Å². The summed E-state index contributed by atoms with van der Waals surface area (Å²) in [6.07, 6.45) is 0. The first-order valence-electron chi connectivity index (χ1n) is 5.04. The van der Waals surface area contributed by atoms with Crippen LogP contribution in [0.4, 0.5) is 0 Å². The van der Waals surface area contributed by atoms with Gasteiger partial charge in [-0.2, -0.15) is 0 Å². The molecule has 0 amide bonds. The smallest absolute Gasteiger partial charge is 0.328 e. The Morgan fingerprint density at radius 1 is 1.38 bits per heavy atom. The van der Waals surface area contributed by atoms with Crippen molar-refractivity contribution in [3.63, 3.8) is 0 Å². The summed E-state index contributed by atoms with van der Waals surface area (Å²) in [5, 5.41) is 9.42. The molecule has 0 aliphatic rings. The third-order valence-electron chi connectivity index (χ3n) is 2.55. The normalized spacial score (nSPS) is 10.9. The number of benzene rings is 1. The van der Waals surface area contributed by atoms with Gasteiger partial charge in [0, 0.05) is 6.54 Å². The van der Waals surface area contributed by atoms with Crippen LogP contribution in [0.3, 0.4) is 0 Å². The number of aromatic nitrogens is 2. The molecule has 0 aliphatic carbocycles. The molecule has 16 heavy (non-hydrogen) atoms. The Morgan fingerprint density at radius 3 is 2.75 bits per heavy atom. The van der Waals surface area contributed by atoms with Crippen LogP contribution in [0.5, 0.6) is 0 Å². The first-order valence-corrected chi connectivity index (χ1v) is 5.04. The Balaban J connectivity index is 2.87. The molecule has 0 aliphatic heterocycles. The van der Waals surface area contributed by atoms with Gasteiger partial charge in [0.05, 0.1) is 17.5 Å². The topological polar surface area (TPSA) is 75.1 Å². The van der Waals surface area contributed by atoms with Gasteiger partial charge in [0.15, 0.2) is 0 Å². The molecule has 0 unspecified atom stereocenters. The van der Waals surface area contributed by atoms with Crippen LogP contribution in [0.1, 0.15) is 12.5 Å². The average molecular weight is 220 g/mol. The summed E-state index contributed by atoms with van der Waals surface area (Å²) >= 11 is 0. The summed E-state index contributed by atoms with van der Waals surface area (Å²) in [4.78, 5) is 26.0. The molecule has 0 bridgehead atoms. The maximum atomic E-state index is 11.9. The predicted molar refractivity (Wildman–Crippen MR) is 60.4 cm³/mol. The molecule has 0 saturated carbocycles. The average Bonchev–Trinajstić information content (AvgIpc) is 2.28. The number of hydrogen-bond donors (Lipinski definition) is 2. The van der Waals surface area contributed by atoms with Crippen molar-refractivity contribution in [3.8, 4) is 0 Å². The summed E-state index contributed by atoms with van der Waals surface area (Å²) in [7, 11) is 0. The van der Waals surface area contributed by atoms with Gasteiger partial charge in [-0.1, -0.05) is 6.07 Å². The lowest BCUT2D eigenvalue weighted by Crippen LogP contribution is -2.34. The zero-order valence-corrected chi connectivity index (χ0v) is 8.86. The first kappa shape index (κ1) is 10.6. The molecule has 2 N–H and O–H groups in total. The molecule has 2 aromatic rings. The van der Waals surface area contributed by atoms with Crippen LogP contribution in [0, 0.1) is 0 Å². The fourth-order valence-corrected chi connectivity index (χ4v) is 1.69. The van der Waals surface area contributed by atoms with Gasteiger partial charge in [0.2, 0.25) is 0 Å². The van der Waals surface area contributed by atoms with Crippen molar-refractivity contribution >= 4 is 10.9 Å². The van der Waals surface area contributed by atoms with E-state index in [1.54, 1.807) is 25.1 Å². The number of aliphatic hydroxyl groups is 1. The molecule has 5 nitrogen and oxygen atoms in total. The second-order valence-corrected chi connectivity index (χ2v) is 3.52. The van der Waals surface area contributed by atoms with Crippen molar-refractivity contribution in [3.05, 3.63) is 44.6 Å². The fraction of sp³-hybridized carbons (Fsp3) is 0.273. The van der Waals surface area contributed by atoms with Gasteiger partial charge >= 0.3 is 5.69 Å². The lowest BCUT2D eigenvalue weighted by Gasteiger charge is -2.04. The van der Waals surface area contributed by atoms with Gasteiger partial charge in [0.1, 0.15) is 0 Å². The Hall–Kier alpha value is -1.88. The largest absolute Gasteiger partial charge is 0.392 e. The molecule has 1 aromatic heterocycles. The molecule has 0 saturated heterocycles. The van der Waals surface area contributed by atoms with E-state index in [1.807, 2.05) is 0 Å². The molecule has 84 valence electrons. The number of aromatic amines is 1. The molecular formula is C11H12N2O3. The highest BCUT2D eigenvalue weighted by Gasteiger charge is 2.06. The van der Waals surface area contributed by atoms with Crippen LogP contribution in [0.25, 0.3) is 10.9 Å². The van der Waals surface area contributed by atoms with Crippen molar-refractivity contribution in [1.29, 1.82) is 0 Å². The highest BCUT2D eigenvalue weighted by molar-refractivity contribution is 5.77. The number of rotatable bonds is 2. The molecule has 0 spiro atoms. The Bertz CT molecular complexity index is 640. The number of nitrogens with zero attached hydrogens (tertiary/aromatic N) is 1. The minimum absolute atomic E-state index is 0.116. The molecule has 0 atom stereocenters. The predicted octanol–water partition coefficient (Wildman–Crippen LogP) is 0.202. The lowest BCUT2D eigenvalue weighted by atomic mass is 10.1. The van der Waals surface area contributed by atoms with Crippen molar-refractivity contribution in [1.82, 2.24) is 9.55 Å². The van der Waals surface area contributed by atoms with E-state index in [0.717, 1.165) is 4.57 Å². The van der Waals surface area contributed by atoms with Crippen molar-refractivity contribution < 1.29 is 5.11 Å². The van der Waals surface area contributed by atoms with E-state index in [4.69, 9.17) is 5.11 Å². The maximum absolute atomic E-state index is 11.9. The van der Waals surface area contributed by atoms with E-state index in [9.17, 15) is 9.59 Å². The van der Waals surface area contributed by atoms with Crippen molar-refractivity contribution in [2.24, 2.45) is 0 Å². The van der Waals surface area contributed by atoms with Crippen molar-refractivity contribution in [2.45, 2.75) is 20.1 Å². The third-order valence-corrected chi connectivity index (χ3v) is 2.55. The van der Waals surface area contributed by atoms with Crippen LogP contribution in [0.15, 0.2) is 27.8 Å². The number of H-pyrrole nitrogens is 1. The Morgan fingerprint density at radius 2 is 2.12 bits per heavy atom. The zero-order valence-electron chi connectivity index (χ0n) is 8.86. The van der Waals surface area contributed by atoms with E-state index in [0.29, 0.717) is 23.0 Å². The number of nitrogens with one attached hydrogen (secondary N) is 1. The summed E-state index contributed by atoms with van der Waals surface area (Å²) in [6.45, 7) is 1.96. The monoisotopic (exact) mass is 220 g/mol. The van der Waals surface area contributed by atoms with Gasteiger partial charge < -0.3 is 10.1 Å². The maximum Gasteiger partial charge on any atom is 0.328 e. The molecule has 0 fully saturated rings. The Kier molecular flexibility index (Phi) is 2.62. The van der Waals surface area contributed by atoms with Crippen molar-refractivity contribution in [2.75, 3.05) is 0 Å². The number of hydrogen-bond acceptors (Lipinski definition) is 3. The van der Waals surface area contributed by atoms with Gasteiger partial charge in [-0.15, -0.1) is 0 Å². The van der Waals surface area contributed by atoms with Crippen LogP contribution >= 0.6 is 0 Å². The second kappa shape index (κ2) is 3.94. The standard InChI is InChI=1S/C11H12N2O3/c1-2-13-10(15)8-4-3-7(6-14)5-9(8)12-11(13)16/h3-5,14H,2,6H2,1H3,(H,12,16). The van der Waals surface area contributed by atoms with E-state index in [1.165, 1.54) is 0 Å². The highest BCUT2D eigenvalue weighted by Crippen LogP contribution is 2.08. The molecule has 0 radical (unpaired) electrons. The number of aliphatic hydroxyl groups excluding tert-OH is 1. The summed E-state index contributed by atoms with van der Waals surface area (Å²) in [5.74, 6) is 0. The summed E-state index contributed by atoms with van der Waals surface area (Å²) < 4.78 is 1.14.